The average Bonchev–Trinajstić information content (AvgIpc) is 3.67. The van der Waals surface area contributed by atoms with Crippen LogP contribution in [0.25, 0.3) is 12.2 Å². The summed E-state index contributed by atoms with van der Waals surface area (Å²) in [5, 5.41) is 0. The number of hydrogen-bond acceptors (Lipinski definition) is 2. The van der Waals surface area contributed by atoms with Gasteiger partial charge in [-0.05, 0) is 11.1 Å². The number of allylic oxidation sites excluding steroid dienone is 10. The Kier molecular flexibility index (Phi) is 16.7. The van der Waals surface area contributed by atoms with E-state index in [1.807, 2.05) is 75.7 Å². The number of benzene rings is 2. The van der Waals surface area contributed by atoms with Crippen LogP contribution in [-0.2, 0) is 23.2 Å². The van der Waals surface area contributed by atoms with Crippen molar-refractivity contribution in [3.8, 4) is 0 Å². The Hall–Kier alpha value is -1.99. The molecule has 218 valence electrons. The predicted molar refractivity (Wildman–Crippen MR) is 186 cm³/mol. The van der Waals surface area contributed by atoms with Gasteiger partial charge in [0.2, 0.25) is 0 Å². The fourth-order valence-electron chi connectivity index (χ4n) is 3.48. The summed E-state index contributed by atoms with van der Waals surface area (Å²) < 4.78 is 9.35. The van der Waals surface area contributed by atoms with Gasteiger partial charge in [-0.3, -0.25) is 0 Å². The van der Waals surface area contributed by atoms with E-state index in [0.29, 0.717) is 0 Å². The minimum absolute atomic E-state index is 0.175. The van der Waals surface area contributed by atoms with Crippen molar-refractivity contribution in [2.24, 2.45) is 0 Å². The van der Waals surface area contributed by atoms with Gasteiger partial charge in [-0.2, -0.15) is 0 Å². The van der Waals surface area contributed by atoms with Gasteiger partial charge in [0.15, 0.2) is 0 Å². The van der Waals surface area contributed by atoms with Crippen molar-refractivity contribution in [3.63, 3.8) is 0 Å². The number of carbonyl (C=O) groups excluding carboxylic acids is 2. The molecule has 0 aliphatic heterocycles. The van der Waals surface area contributed by atoms with Crippen molar-refractivity contribution >= 4 is 62.8 Å². The van der Waals surface area contributed by atoms with Gasteiger partial charge in [-0.15, -0.1) is 0 Å². The second-order valence-electron chi connectivity index (χ2n) is 12.0. The zero-order chi connectivity index (χ0) is 30.8. The van der Waals surface area contributed by atoms with E-state index >= 15 is 0 Å². The Morgan fingerprint density at radius 1 is 0.667 bits per heavy atom. The van der Waals surface area contributed by atoms with Crippen LogP contribution in [0, 0.1) is 0 Å². The van der Waals surface area contributed by atoms with E-state index < -0.39 is 39.6 Å². The quantitative estimate of drug-likeness (QED) is 0.198. The molecule has 0 aromatic heterocycles. The molecule has 2 aliphatic carbocycles. The monoisotopic (exact) mass is 774 g/mol. The maximum absolute atomic E-state index is 11.6. The van der Waals surface area contributed by atoms with E-state index in [2.05, 4.69) is 91.6 Å². The van der Waals surface area contributed by atoms with Gasteiger partial charge in [-0.1, -0.05) is 85.0 Å². The van der Waals surface area contributed by atoms with Gasteiger partial charge in [0.1, 0.15) is 0 Å². The fraction of sp³-hybridized carbons (Fsp3) is 0.235. The summed E-state index contributed by atoms with van der Waals surface area (Å²) in [5.74, 6) is 0. The molecule has 2 aromatic rings. The van der Waals surface area contributed by atoms with Crippen LogP contribution < -0.4 is 6.61 Å². The normalized spacial score (nSPS) is 13.9. The third-order valence-electron chi connectivity index (χ3n) is 6.01. The molecular weight excluding hydrogens is 731 g/mol. The summed E-state index contributed by atoms with van der Waals surface area (Å²) in [6, 6.07) is 20.6. The number of nitrogens with one attached hydrogen (secondary N) is 2. The van der Waals surface area contributed by atoms with E-state index in [1.165, 1.54) is 24.0 Å². The second kappa shape index (κ2) is 19.3. The molecule has 2 aromatic carbocycles. The number of rotatable bonds is 9. The first kappa shape index (κ1) is 36.2. The Morgan fingerprint density at radius 3 is 1.36 bits per heavy atom. The molecule has 0 fully saturated rings. The van der Waals surface area contributed by atoms with Crippen LogP contribution in [0.5, 0.6) is 0 Å². The van der Waals surface area contributed by atoms with Gasteiger partial charge in [0.25, 0.3) is 0 Å². The van der Waals surface area contributed by atoms with Gasteiger partial charge in [0.05, 0.1) is 0 Å². The SMILES string of the molecule is C(C=Cc1ccccc1)=Cc1ccccc1.C1=CC[C]([Zr][C]2=CC=CC2)=C1.C[Si](C)(C)C(=O)[NH][InH][NH]C(=O)[Si](C)(C)C. The Bertz CT molecular complexity index is 1220. The number of hydrogen-bond donors (Lipinski definition) is 2. The molecule has 2 N–H and O–H groups in total. The molecule has 0 heterocycles. The third-order valence-corrected chi connectivity index (χ3v) is 17.4. The van der Waals surface area contributed by atoms with Gasteiger partial charge < -0.3 is 0 Å². The molecule has 4 nitrogen and oxygen atoms in total. The van der Waals surface area contributed by atoms with Gasteiger partial charge in [0, 0.05) is 0 Å². The van der Waals surface area contributed by atoms with Crippen LogP contribution >= 0.6 is 0 Å². The van der Waals surface area contributed by atoms with Crippen molar-refractivity contribution in [1.82, 2.24) is 6.61 Å². The molecule has 0 unspecified atom stereocenters. The topological polar surface area (TPSA) is 58.2 Å². The number of carbonyl (C=O) groups is 2. The van der Waals surface area contributed by atoms with Crippen LogP contribution in [0.1, 0.15) is 24.0 Å². The molecule has 0 bridgehead atoms. The van der Waals surface area contributed by atoms with Crippen LogP contribution in [0.4, 0.5) is 9.59 Å². The van der Waals surface area contributed by atoms with Crippen molar-refractivity contribution in [2.45, 2.75) is 52.1 Å². The molecule has 0 radical (unpaired) electrons. The molecular formula is C34H45InN2O2Si2Zr. The zero-order valence-corrected chi connectivity index (χ0v) is 34.5. The Labute approximate surface area is 279 Å². The molecule has 4 rings (SSSR count). The first-order valence-electron chi connectivity index (χ1n) is 14.4. The summed E-state index contributed by atoms with van der Waals surface area (Å²) >= 11 is -1.91. The van der Waals surface area contributed by atoms with E-state index in [1.54, 1.807) is 6.56 Å². The molecule has 2 aliphatic rings. The summed E-state index contributed by atoms with van der Waals surface area (Å²) in [6.45, 7) is 12.1. The van der Waals surface area contributed by atoms with Crippen LogP contribution in [0.2, 0.25) is 39.3 Å². The Morgan fingerprint density at radius 2 is 1.05 bits per heavy atom. The molecule has 42 heavy (non-hydrogen) atoms. The second-order valence-corrected chi connectivity index (χ2v) is 28.7. The molecule has 0 spiro atoms. The molecule has 0 saturated carbocycles. The summed E-state index contributed by atoms with van der Waals surface area (Å²) in [7, 11) is -3.43. The van der Waals surface area contributed by atoms with Crippen molar-refractivity contribution in [3.05, 3.63) is 127 Å². The molecule has 0 atom stereocenters. The van der Waals surface area contributed by atoms with Crippen molar-refractivity contribution in [2.75, 3.05) is 0 Å². The predicted octanol–water partition coefficient (Wildman–Crippen LogP) is 8.68. The molecule has 0 saturated heterocycles. The zero-order valence-electron chi connectivity index (χ0n) is 26.0. The summed E-state index contributed by atoms with van der Waals surface area (Å²) in [4.78, 5) is 23.1. The van der Waals surface area contributed by atoms with Crippen LogP contribution in [-0.4, -0.2) is 50.7 Å². The average molecular weight is 776 g/mol. The standard InChI is InChI=1S/C16H14.2C5H5.2C4H11NOSi.In.Zr.H/c1-3-9-15(10-4-1)13-7-8-14-16-11-5-2-6-12-16;2*1-2-4-5-3-1;2*1-7(2,3)4(5)6;;;/h1-14H;2*1-3H,4H2;2*1-3H3,(H2,5,6);;;/q;;;;;+2;;/p-2. The van der Waals surface area contributed by atoms with Gasteiger partial charge >= 0.3 is 185 Å². The van der Waals surface area contributed by atoms with Gasteiger partial charge in [-0.25, -0.2) is 0 Å². The third kappa shape index (κ3) is 16.0. The first-order chi connectivity index (χ1) is 19.9. The van der Waals surface area contributed by atoms with Crippen LogP contribution in [0.3, 0.4) is 0 Å². The van der Waals surface area contributed by atoms with E-state index in [9.17, 15) is 9.59 Å². The van der Waals surface area contributed by atoms with Crippen molar-refractivity contribution < 1.29 is 32.8 Å². The fourth-order valence-corrected chi connectivity index (χ4v) is 19.0. The molecule has 2 amide bonds. The first-order valence-corrected chi connectivity index (χ1v) is 27.9. The summed E-state index contributed by atoms with van der Waals surface area (Å²) in [5.41, 5.74) is 2.80. The Balaban J connectivity index is 0.000000224. The van der Waals surface area contributed by atoms with E-state index in [4.69, 9.17) is 0 Å². The van der Waals surface area contributed by atoms with E-state index in [-0.39, 0.29) is 34.3 Å². The van der Waals surface area contributed by atoms with Crippen molar-refractivity contribution in [1.29, 1.82) is 0 Å². The number of amides is 2. The van der Waals surface area contributed by atoms with E-state index in [0.717, 1.165) is 0 Å². The molecule has 8 heteroatoms. The van der Waals surface area contributed by atoms with Crippen LogP contribution in [0.15, 0.2) is 116 Å². The maximum atomic E-state index is 11.6. The minimum atomic E-state index is -1.72. The summed E-state index contributed by atoms with van der Waals surface area (Å²) in [6.07, 6.45) is 24.3.